The average Bonchev–Trinajstić information content (AvgIpc) is 3.01. The Morgan fingerprint density at radius 3 is 2.86 bits per heavy atom. The third-order valence-electron chi connectivity index (χ3n) is 4.58. The van der Waals surface area contributed by atoms with Crippen molar-refractivity contribution in [1.29, 1.82) is 0 Å². The molecule has 1 aromatic carbocycles. The maximum absolute atomic E-state index is 9.95. The van der Waals surface area contributed by atoms with Crippen molar-refractivity contribution in [2.75, 3.05) is 13.1 Å². The Morgan fingerprint density at radius 1 is 1.27 bits per heavy atom. The molecule has 0 fully saturated rings. The fourth-order valence-corrected chi connectivity index (χ4v) is 4.09. The van der Waals surface area contributed by atoms with Gasteiger partial charge in [0, 0.05) is 17.5 Å². The summed E-state index contributed by atoms with van der Waals surface area (Å²) in [6.07, 6.45) is 4.38. The number of thiophene rings is 1. The Kier molecular flexibility index (Phi) is 6.30. The predicted octanol–water partition coefficient (Wildman–Crippen LogP) is 4.30. The summed E-state index contributed by atoms with van der Waals surface area (Å²) in [7, 11) is 0. The normalized spacial score (nSPS) is 17.1. The molecule has 0 aliphatic heterocycles. The molecule has 0 saturated carbocycles. The first kappa shape index (κ1) is 17.3. The van der Waals surface area contributed by atoms with Crippen molar-refractivity contribution < 1.29 is 5.11 Å². The summed E-state index contributed by atoms with van der Waals surface area (Å²) in [6, 6.07) is 10.9. The Balaban J connectivity index is 0.00000176. The van der Waals surface area contributed by atoms with Crippen molar-refractivity contribution in [2.24, 2.45) is 0 Å². The number of hydrogen-bond acceptors (Lipinski definition) is 3. The number of hydrogen-bond donors (Lipinski definition) is 1. The first-order valence-electron chi connectivity index (χ1n) is 7.84. The molecule has 120 valence electrons. The summed E-state index contributed by atoms with van der Waals surface area (Å²) in [6.45, 7) is 4.49. The second-order valence-electron chi connectivity index (χ2n) is 5.77. The van der Waals surface area contributed by atoms with Gasteiger partial charge < -0.3 is 5.11 Å². The highest BCUT2D eigenvalue weighted by Gasteiger charge is 2.24. The predicted molar refractivity (Wildman–Crippen MR) is 96.4 cm³/mol. The maximum Gasteiger partial charge on any atom is 0.119 e. The SMILES string of the molecule is CCN(CCc1cccs1)[C@H]1CCc2c(O)cccc2C1.Cl. The van der Waals surface area contributed by atoms with Crippen molar-refractivity contribution in [3.05, 3.63) is 51.7 Å². The van der Waals surface area contributed by atoms with Crippen LogP contribution in [0, 0.1) is 0 Å². The molecule has 0 saturated heterocycles. The first-order chi connectivity index (χ1) is 10.3. The van der Waals surface area contributed by atoms with E-state index in [1.54, 1.807) is 0 Å². The van der Waals surface area contributed by atoms with E-state index in [-0.39, 0.29) is 12.4 Å². The van der Waals surface area contributed by atoms with Gasteiger partial charge in [0.2, 0.25) is 0 Å². The van der Waals surface area contributed by atoms with Crippen molar-refractivity contribution in [2.45, 2.75) is 38.6 Å². The molecular weight excluding hydrogens is 314 g/mol. The van der Waals surface area contributed by atoms with Crippen molar-refractivity contribution in [3.63, 3.8) is 0 Å². The van der Waals surface area contributed by atoms with E-state index in [0.717, 1.165) is 38.8 Å². The lowest BCUT2D eigenvalue weighted by molar-refractivity contribution is 0.191. The smallest absolute Gasteiger partial charge is 0.119 e. The highest BCUT2D eigenvalue weighted by atomic mass is 35.5. The highest BCUT2D eigenvalue weighted by molar-refractivity contribution is 7.09. The summed E-state index contributed by atoms with van der Waals surface area (Å²) in [4.78, 5) is 4.08. The maximum atomic E-state index is 9.95. The van der Waals surface area contributed by atoms with Crippen LogP contribution >= 0.6 is 23.7 Å². The lowest BCUT2D eigenvalue weighted by Gasteiger charge is -2.34. The lowest BCUT2D eigenvalue weighted by Crippen LogP contribution is -2.40. The molecule has 1 aliphatic carbocycles. The monoisotopic (exact) mass is 337 g/mol. The number of benzene rings is 1. The Morgan fingerprint density at radius 2 is 2.14 bits per heavy atom. The van der Waals surface area contributed by atoms with Gasteiger partial charge in [-0.2, -0.15) is 0 Å². The minimum atomic E-state index is 0. The van der Waals surface area contributed by atoms with Crippen molar-refractivity contribution >= 4 is 23.7 Å². The first-order valence-corrected chi connectivity index (χ1v) is 8.72. The second-order valence-corrected chi connectivity index (χ2v) is 6.80. The number of rotatable bonds is 5. The molecule has 1 N–H and O–H groups in total. The molecule has 4 heteroatoms. The topological polar surface area (TPSA) is 23.5 Å². The van der Waals surface area contributed by atoms with Gasteiger partial charge >= 0.3 is 0 Å². The van der Waals surface area contributed by atoms with Crippen LogP contribution in [0.25, 0.3) is 0 Å². The molecule has 22 heavy (non-hydrogen) atoms. The van der Waals surface area contributed by atoms with Crippen molar-refractivity contribution in [3.8, 4) is 5.75 Å². The molecule has 1 aromatic heterocycles. The minimum absolute atomic E-state index is 0. The lowest BCUT2D eigenvalue weighted by atomic mass is 9.87. The quantitative estimate of drug-likeness (QED) is 0.879. The van der Waals surface area contributed by atoms with Gasteiger partial charge in [-0.1, -0.05) is 25.1 Å². The van der Waals surface area contributed by atoms with E-state index >= 15 is 0 Å². The van der Waals surface area contributed by atoms with E-state index in [9.17, 15) is 5.11 Å². The van der Waals surface area contributed by atoms with Crippen LogP contribution in [-0.4, -0.2) is 29.1 Å². The van der Waals surface area contributed by atoms with E-state index in [1.807, 2.05) is 23.5 Å². The van der Waals surface area contributed by atoms with Crippen LogP contribution in [0.5, 0.6) is 5.75 Å². The number of phenolic OH excluding ortho intramolecular Hbond substituents is 1. The zero-order chi connectivity index (χ0) is 14.7. The van der Waals surface area contributed by atoms with Gasteiger partial charge in [0.25, 0.3) is 0 Å². The summed E-state index contributed by atoms with van der Waals surface area (Å²) >= 11 is 1.85. The molecule has 2 nitrogen and oxygen atoms in total. The van der Waals surface area contributed by atoms with E-state index in [0.29, 0.717) is 11.8 Å². The fourth-order valence-electron chi connectivity index (χ4n) is 3.39. The third-order valence-corrected chi connectivity index (χ3v) is 5.52. The summed E-state index contributed by atoms with van der Waals surface area (Å²) in [5, 5.41) is 12.1. The number of likely N-dealkylation sites (N-methyl/N-ethyl adjacent to an activating group) is 1. The summed E-state index contributed by atoms with van der Waals surface area (Å²) < 4.78 is 0. The highest BCUT2D eigenvalue weighted by Crippen LogP contribution is 2.30. The molecule has 1 atom stereocenters. The number of nitrogens with zero attached hydrogens (tertiary/aromatic N) is 1. The van der Waals surface area contributed by atoms with Crippen molar-refractivity contribution in [1.82, 2.24) is 4.90 Å². The summed E-state index contributed by atoms with van der Waals surface area (Å²) in [5.41, 5.74) is 2.50. The Bertz CT molecular complexity index is 585. The standard InChI is InChI=1S/C18H23NOS.ClH/c1-2-19(11-10-16-6-4-12-21-16)15-8-9-17-14(13-15)5-3-7-18(17)20;/h3-7,12,15,20H,2,8-11,13H2,1H3;1H/t15-;/m0./s1. The van der Waals surface area contributed by atoms with Gasteiger partial charge in [-0.3, -0.25) is 4.90 Å². The molecule has 0 unspecified atom stereocenters. The molecular formula is C18H24ClNOS. The van der Waals surface area contributed by atoms with Gasteiger partial charge in [0.1, 0.15) is 5.75 Å². The van der Waals surface area contributed by atoms with Crippen LogP contribution in [0.2, 0.25) is 0 Å². The molecule has 0 amide bonds. The number of aromatic hydroxyl groups is 1. The second kappa shape index (κ2) is 8.00. The van der Waals surface area contributed by atoms with Crippen LogP contribution in [0.15, 0.2) is 35.7 Å². The molecule has 0 radical (unpaired) electrons. The molecule has 2 aromatic rings. The average molecular weight is 338 g/mol. The number of fused-ring (bicyclic) bond motifs is 1. The van der Waals surface area contributed by atoms with E-state index < -0.39 is 0 Å². The molecule has 0 bridgehead atoms. The van der Waals surface area contributed by atoms with Gasteiger partial charge in [-0.25, -0.2) is 0 Å². The minimum Gasteiger partial charge on any atom is -0.508 e. The molecule has 3 rings (SSSR count). The van der Waals surface area contributed by atoms with E-state index in [1.165, 1.54) is 16.0 Å². The molecule has 0 spiro atoms. The molecule has 1 heterocycles. The zero-order valence-electron chi connectivity index (χ0n) is 13.0. The van der Waals surface area contributed by atoms with Gasteiger partial charge in [0.05, 0.1) is 0 Å². The van der Waals surface area contributed by atoms with Gasteiger partial charge in [0.15, 0.2) is 0 Å². The van der Waals surface area contributed by atoms with Crippen LogP contribution in [0.1, 0.15) is 29.3 Å². The third kappa shape index (κ3) is 3.83. The fraction of sp³-hybridized carbons (Fsp3) is 0.444. The number of phenols is 1. The Labute approximate surface area is 143 Å². The van der Waals surface area contributed by atoms with E-state index in [4.69, 9.17) is 0 Å². The van der Waals surface area contributed by atoms with Crippen LogP contribution in [0.4, 0.5) is 0 Å². The van der Waals surface area contributed by atoms with Gasteiger partial charge in [-0.05, 0) is 60.9 Å². The zero-order valence-corrected chi connectivity index (χ0v) is 14.6. The Hall–Kier alpha value is -1.03. The number of halogens is 1. The summed E-state index contributed by atoms with van der Waals surface area (Å²) in [5.74, 6) is 0.479. The van der Waals surface area contributed by atoms with Crippen LogP contribution < -0.4 is 0 Å². The van der Waals surface area contributed by atoms with Crippen LogP contribution in [-0.2, 0) is 19.3 Å². The van der Waals surface area contributed by atoms with E-state index in [2.05, 4.69) is 35.4 Å². The molecule has 1 aliphatic rings. The largest absolute Gasteiger partial charge is 0.508 e. The van der Waals surface area contributed by atoms with Crippen LogP contribution in [0.3, 0.4) is 0 Å². The van der Waals surface area contributed by atoms with Gasteiger partial charge in [-0.15, -0.1) is 23.7 Å².